The zero-order chi connectivity index (χ0) is 21.3. The summed E-state index contributed by atoms with van der Waals surface area (Å²) < 4.78 is 5.67. The number of benzene rings is 1. The average Bonchev–Trinajstić information content (AvgIpc) is 3.34. The molecule has 2 aromatic rings. The lowest BCUT2D eigenvalue weighted by Crippen LogP contribution is -2.52. The SMILES string of the molecule is CC12CCC(C(=O)NCC3CCCO3)(c3nc4cc([N+](=O)[O-])ccc4nc31)C2(C)C. The van der Waals surface area contributed by atoms with Gasteiger partial charge >= 0.3 is 0 Å². The van der Waals surface area contributed by atoms with Crippen LogP contribution < -0.4 is 5.32 Å². The third-order valence-corrected chi connectivity index (χ3v) is 8.13. The molecule has 3 aliphatic rings. The molecule has 1 saturated heterocycles. The Morgan fingerprint density at radius 1 is 1.23 bits per heavy atom. The van der Waals surface area contributed by atoms with Crippen LogP contribution in [0, 0.1) is 15.5 Å². The Morgan fingerprint density at radius 2 is 2.00 bits per heavy atom. The molecule has 0 radical (unpaired) electrons. The van der Waals surface area contributed by atoms with E-state index in [1.807, 2.05) is 0 Å². The second-order valence-corrected chi connectivity index (χ2v) is 9.56. The molecule has 2 fully saturated rings. The van der Waals surface area contributed by atoms with Gasteiger partial charge in [0, 0.05) is 30.7 Å². The van der Waals surface area contributed by atoms with Crippen molar-refractivity contribution in [2.45, 2.75) is 63.4 Å². The number of aromatic nitrogens is 2. The fourth-order valence-corrected chi connectivity index (χ4v) is 5.87. The summed E-state index contributed by atoms with van der Waals surface area (Å²) >= 11 is 0. The largest absolute Gasteiger partial charge is 0.376 e. The minimum Gasteiger partial charge on any atom is -0.376 e. The molecule has 1 saturated carbocycles. The molecule has 8 heteroatoms. The molecule has 5 rings (SSSR count). The van der Waals surface area contributed by atoms with E-state index in [0.29, 0.717) is 29.7 Å². The lowest BCUT2D eigenvalue weighted by atomic mass is 9.63. The molecule has 2 heterocycles. The summed E-state index contributed by atoms with van der Waals surface area (Å²) in [6.45, 7) is 7.66. The van der Waals surface area contributed by atoms with Gasteiger partial charge in [-0.15, -0.1) is 0 Å². The standard InChI is InChI=1S/C22H26N4O4/c1-20(2)21(3)8-9-22(20,19(27)23-12-14-5-4-10-30-14)18-17(21)24-15-7-6-13(26(28)29)11-16(15)25-18/h6-7,11,14H,4-5,8-10,12H2,1-3H3,(H,23,27). The number of carbonyl (C=O) groups is 1. The molecule has 3 unspecified atom stereocenters. The smallest absolute Gasteiger partial charge is 0.271 e. The van der Waals surface area contributed by atoms with Crippen LogP contribution in [0.15, 0.2) is 18.2 Å². The summed E-state index contributed by atoms with van der Waals surface area (Å²) in [6, 6.07) is 4.54. The van der Waals surface area contributed by atoms with Gasteiger partial charge in [0.2, 0.25) is 5.91 Å². The first-order chi connectivity index (χ1) is 14.2. The normalized spacial score (nSPS) is 31.1. The van der Waals surface area contributed by atoms with E-state index >= 15 is 0 Å². The van der Waals surface area contributed by atoms with E-state index in [2.05, 4.69) is 26.1 Å². The molecule has 2 bridgehead atoms. The number of rotatable bonds is 4. The number of hydrogen-bond donors (Lipinski definition) is 1. The topological polar surface area (TPSA) is 107 Å². The maximum atomic E-state index is 13.7. The van der Waals surface area contributed by atoms with Gasteiger partial charge in [-0.1, -0.05) is 20.8 Å². The van der Waals surface area contributed by atoms with Crippen LogP contribution in [0.4, 0.5) is 5.69 Å². The minimum atomic E-state index is -0.804. The molecule has 1 aromatic heterocycles. The van der Waals surface area contributed by atoms with Crippen molar-refractivity contribution in [3.8, 4) is 0 Å². The van der Waals surface area contributed by atoms with E-state index in [1.54, 1.807) is 6.07 Å². The Labute approximate surface area is 174 Å². The Morgan fingerprint density at radius 3 is 2.70 bits per heavy atom. The molecular formula is C22H26N4O4. The average molecular weight is 410 g/mol. The molecule has 1 amide bonds. The zero-order valence-electron chi connectivity index (χ0n) is 17.5. The van der Waals surface area contributed by atoms with Gasteiger partial charge in [0.15, 0.2) is 0 Å². The van der Waals surface area contributed by atoms with Crippen LogP contribution in [-0.2, 0) is 20.4 Å². The van der Waals surface area contributed by atoms with Gasteiger partial charge in [-0.2, -0.15) is 0 Å². The fraction of sp³-hybridized carbons (Fsp3) is 0.591. The second-order valence-electron chi connectivity index (χ2n) is 9.56. The number of hydrogen-bond acceptors (Lipinski definition) is 6. The zero-order valence-corrected chi connectivity index (χ0v) is 17.5. The Balaban J connectivity index is 1.62. The molecule has 1 aromatic carbocycles. The monoisotopic (exact) mass is 410 g/mol. The van der Waals surface area contributed by atoms with Gasteiger partial charge in [-0.3, -0.25) is 14.9 Å². The second kappa shape index (κ2) is 6.20. The number of nitro benzene ring substituents is 1. The number of non-ortho nitro benzene ring substituents is 1. The van der Waals surface area contributed by atoms with E-state index in [0.717, 1.165) is 31.6 Å². The number of amides is 1. The molecule has 0 spiro atoms. The number of nitrogens with zero attached hydrogens (tertiary/aromatic N) is 3. The first kappa shape index (κ1) is 19.4. The van der Waals surface area contributed by atoms with E-state index < -0.39 is 10.3 Å². The highest BCUT2D eigenvalue weighted by molar-refractivity contribution is 5.93. The summed E-state index contributed by atoms with van der Waals surface area (Å²) in [5, 5.41) is 14.4. The number of nitro groups is 1. The van der Waals surface area contributed by atoms with Gasteiger partial charge in [-0.25, -0.2) is 9.97 Å². The van der Waals surface area contributed by atoms with Crippen molar-refractivity contribution in [2.24, 2.45) is 5.41 Å². The minimum absolute atomic E-state index is 0.0257. The highest BCUT2D eigenvalue weighted by Crippen LogP contribution is 2.70. The lowest BCUT2D eigenvalue weighted by molar-refractivity contribution is -0.384. The number of fused-ring (bicyclic) bond motifs is 6. The molecule has 30 heavy (non-hydrogen) atoms. The van der Waals surface area contributed by atoms with Crippen LogP contribution in [0.1, 0.15) is 57.8 Å². The maximum absolute atomic E-state index is 13.7. The Kier molecular flexibility index (Phi) is 4.00. The quantitative estimate of drug-likeness (QED) is 0.613. The van der Waals surface area contributed by atoms with Crippen LogP contribution >= 0.6 is 0 Å². The van der Waals surface area contributed by atoms with Crippen LogP contribution in [-0.4, -0.2) is 40.1 Å². The molecule has 8 nitrogen and oxygen atoms in total. The lowest BCUT2D eigenvalue weighted by Gasteiger charge is -2.39. The molecule has 2 aliphatic carbocycles. The highest BCUT2D eigenvalue weighted by atomic mass is 16.6. The van der Waals surface area contributed by atoms with Gasteiger partial charge < -0.3 is 10.1 Å². The van der Waals surface area contributed by atoms with Crippen LogP contribution in [0.5, 0.6) is 0 Å². The van der Waals surface area contributed by atoms with Gasteiger partial charge in [0.1, 0.15) is 0 Å². The number of ether oxygens (including phenoxy) is 1. The number of carbonyl (C=O) groups excluding carboxylic acids is 1. The predicted octanol–water partition coefficient (Wildman–Crippen LogP) is 3.16. The fourth-order valence-electron chi connectivity index (χ4n) is 5.87. The third kappa shape index (κ3) is 2.28. The van der Waals surface area contributed by atoms with Crippen molar-refractivity contribution >= 4 is 22.6 Å². The van der Waals surface area contributed by atoms with E-state index in [-0.39, 0.29) is 28.5 Å². The predicted molar refractivity (Wildman–Crippen MR) is 110 cm³/mol. The van der Waals surface area contributed by atoms with E-state index in [4.69, 9.17) is 14.7 Å². The number of nitrogens with one attached hydrogen (secondary N) is 1. The van der Waals surface area contributed by atoms with Crippen LogP contribution in [0.3, 0.4) is 0 Å². The first-order valence-electron chi connectivity index (χ1n) is 10.6. The van der Waals surface area contributed by atoms with Crippen molar-refractivity contribution in [1.29, 1.82) is 0 Å². The summed E-state index contributed by atoms with van der Waals surface area (Å²) in [6.07, 6.45) is 3.59. The summed E-state index contributed by atoms with van der Waals surface area (Å²) in [4.78, 5) is 34.2. The Bertz CT molecular complexity index is 1080. The molecule has 158 valence electrons. The van der Waals surface area contributed by atoms with Gasteiger partial charge in [0.05, 0.1) is 38.9 Å². The maximum Gasteiger partial charge on any atom is 0.271 e. The first-order valence-corrected chi connectivity index (χ1v) is 10.6. The van der Waals surface area contributed by atoms with Crippen LogP contribution in [0.25, 0.3) is 11.0 Å². The van der Waals surface area contributed by atoms with Gasteiger partial charge in [-0.05, 0) is 37.2 Å². The summed E-state index contributed by atoms with van der Waals surface area (Å²) in [5.74, 6) is -0.0374. The van der Waals surface area contributed by atoms with Crippen molar-refractivity contribution in [2.75, 3.05) is 13.2 Å². The molecule has 3 atom stereocenters. The molecule has 1 aliphatic heterocycles. The van der Waals surface area contributed by atoms with Crippen LogP contribution in [0.2, 0.25) is 0 Å². The van der Waals surface area contributed by atoms with Crippen molar-refractivity contribution in [3.63, 3.8) is 0 Å². The third-order valence-electron chi connectivity index (χ3n) is 8.13. The van der Waals surface area contributed by atoms with Gasteiger partial charge in [0.25, 0.3) is 5.69 Å². The molecule has 1 N–H and O–H groups in total. The molecular weight excluding hydrogens is 384 g/mol. The van der Waals surface area contributed by atoms with Crippen molar-refractivity contribution < 1.29 is 14.5 Å². The highest BCUT2D eigenvalue weighted by Gasteiger charge is 2.73. The van der Waals surface area contributed by atoms with Crippen molar-refractivity contribution in [1.82, 2.24) is 15.3 Å². The summed E-state index contributed by atoms with van der Waals surface area (Å²) in [5.41, 5.74) is 1.12. The van der Waals surface area contributed by atoms with E-state index in [9.17, 15) is 14.9 Å². The summed E-state index contributed by atoms with van der Waals surface area (Å²) in [7, 11) is 0. The van der Waals surface area contributed by atoms with Crippen molar-refractivity contribution in [3.05, 3.63) is 39.7 Å². The van der Waals surface area contributed by atoms with E-state index in [1.165, 1.54) is 12.1 Å². The Hall–Kier alpha value is -2.61.